The van der Waals surface area contributed by atoms with Crippen LogP contribution in [0.3, 0.4) is 0 Å². The van der Waals surface area contributed by atoms with Gasteiger partial charge in [0, 0.05) is 27.9 Å². The number of carboxylic acid groups (broad SMARTS) is 1. The number of carboxylic acids is 1. The van der Waals surface area contributed by atoms with Gasteiger partial charge < -0.3 is 19.9 Å². The van der Waals surface area contributed by atoms with E-state index in [0.29, 0.717) is 34.2 Å². The smallest absolute Gasteiger partial charge is 0.328 e. The van der Waals surface area contributed by atoms with Crippen molar-refractivity contribution in [1.82, 2.24) is 5.32 Å². The van der Waals surface area contributed by atoms with Crippen molar-refractivity contribution >= 4 is 41.0 Å². The molecule has 0 heterocycles. The highest BCUT2D eigenvalue weighted by Gasteiger charge is 2.35. The van der Waals surface area contributed by atoms with Crippen LogP contribution in [0.1, 0.15) is 30.4 Å². The topological polar surface area (TPSA) is 102 Å². The van der Waals surface area contributed by atoms with Crippen molar-refractivity contribution in [3.05, 3.63) is 63.6 Å². The van der Waals surface area contributed by atoms with Crippen LogP contribution < -0.4 is 10.1 Å². The average molecular weight is 494 g/mol. The zero-order valence-corrected chi connectivity index (χ0v) is 19.6. The maximum absolute atomic E-state index is 12.6. The number of amides is 1. The number of aliphatic carboxylic acids is 1. The summed E-state index contributed by atoms with van der Waals surface area (Å²) in [5.74, 6) is -2.14. The molecule has 0 aliphatic heterocycles. The molecule has 1 aliphatic rings. The lowest BCUT2D eigenvalue weighted by atomic mass is 10.0. The number of ether oxygens (including phenoxy) is 2. The normalized spacial score (nSPS) is 18.4. The highest BCUT2D eigenvalue weighted by atomic mass is 35.5. The van der Waals surface area contributed by atoms with Crippen molar-refractivity contribution in [1.29, 1.82) is 0 Å². The third-order valence-electron chi connectivity index (χ3n) is 5.76. The number of esters is 1. The molecule has 2 N–H and O–H groups in total. The number of rotatable bonds is 9. The number of nitrogens with one attached hydrogen (secondary N) is 1. The van der Waals surface area contributed by atoms with Crippen LogP contribution in [0.15, 0.2) is 42.5 Å². The van der Waals surface area contributed by atoms with Crippen molar-refractivity contribution in [2.75, 3.05) is 7.11 Å². The van der Waals surface area contributed by atoms with Crippen LogP contribution in [0, 0.1) is 11.8 Å². The molecule has 1 fully saturated rings. The molecule has 0 saturated heterocycles. The Morgan fingerprint density at radius 3 is 2.27 bits per heavy atom. The molecule has 0 aromatic heterocycles. The van der Waals surface area contributed by atoms with E-state index in [2.05, 4.69) is 5.32 Å². The van der Waals surface area contributed by atoms with Crippen molar-refractivity contribution < 1.29 is 29.0 Å². The Balaban J connectivity index is 1.60. The number of carbonyl (C=O) groups is 3. The Bertz CT molecular complexity index is 990. The van der Waals surface area contributed by atoms with Gasteiger partial charge in [-0.3, -0.25) is 9.59 Å². The van der Waals surface area contributed by atoms with E-state index in [1.807, 2.05) is 0 Å². The minimum atomic E-state index is -0.895. The summed E-state index contributed by atoms with van der Waals surface area (Å²) in [5, 5.41) is 12.9. The van der Waals surface area contributed by atoms with Gasteiger partial charge in [-0.2, -0.15) is 0 Å². The van der Waals surface area contributed by atoms with E-state index in [0.717, 1.165) is 5.56 Å². The molecule has 2 aromatic carbocycles. The first-order valence-corrected chi connectivity index (χ1v) is 11.3. The standard InChI is InChI=1S/C24H25Cl2NO6/c1-32-24(31)21(27-22(28)15-7-8-16(12-15)23(29)30)11-14-5-9-17(10-6-14)33-13-18-19(25)3-2-4-20(18)26/h2-6,9-10,15-16,21H,7-8,11-13H2,1H3,(H,27,28)(H,29,30)/t15-,16+,21-/m0/s1. The van der Waals surface area contributed by atoms with E-state index in [1.165, 1.54) is 7.11 Å². The summed E-state index contributed by atoms with van der Waals surface area (Å²) >= 11 is 12.3. The van der Waals surface area contributed by atoms with Gasteiger partial charge in [0.25, 0.3) is 0 Å². The van der Waals surface area contributed by atoms with Crippen LogP contribution in [0.4, 0.5) is 0 Å². The van der Waals surface area contributed by atoms with Crippen LogP contribution >= 0.6 is 23.2 Å². The van der Waals surface area contributed by atoms with Crippen LogP contribution in [0.2, 0.25) is 10.0 Å². The Morgan fingerprint density at radius 1 is 1.06 bits per heavy atom. The van der Waals surface area contributed by atoms with E-state index in [1.54, 1.807) is 42.5 Å². The zero-order chi connectivity index (χ0) is 24.0. The fraction of sp³-hybridized carbons (Fsp3) is 0.375. The lowest BCUT2D eigenvalue weighted by Gasteiger charge is -2.19. The minimum Gasteiger partial charge on any atom is -0.489 e. The molecule has 0 unspecified atom stereocenters. The summed E-state index contributed by atoms with van der Waals surface area (Å²) in [4.78, 5) is 36.0. The molecular weight excluding hydrogens is 469 g/mol. The van der Waals surface area contributed by atoms with E-state index >= 15 is 0 Å². The quantitative estimate of drug-likeness (QED) is 0.505. The summed E-state index contributed by atoms with van der Waals surface area (Å²) in [6.07, 6.45) is 1.44. The molecule has 9 heteroatoms. The summed E-state index contributed by atoms with van der Waals surface area (Å²) in [7, 11) is 1.26. The monoisotopic (exact) mass is 493 g/mol. The summed E-state index contributed by atoms with van der Waals surface area (Å²) < 4.78 is 10.6. The lowest BCUT2D eigenvalue weighted by Crippen LogP contribution is -2.45. The molecule has 2 aromatic rings. The van der Waals surface area contributed by atoms with Gasteiger partial charge in [0.05, 0.1) is 13.0 Å². The number of halogens is 2. The first kappa shape index (κ1) is 24.9. The van der Waals surface area contributed by atoms with Crippen molar-refractivity contribution in [3.8, 4) is 5.75 Å². The molecule has 1 amide bonds. The van der Waals surface area contributed by atoms with Gasteiger partial charge in [0.2, 0.25) is 5.91 Å². The van der Waals surface area contributed by atoms with Crippen molar-refractivity contribution in [2.24, 2.45) is 11.8 Å². The molecule has 33 heavy (non-hydrogen) atoms. The molecule has 7 nitrogen and oxygen atoms in total. The maximum atomic E-state index is 12.6. The summed E-state index contributed by atoms with van der Waals surface area (Å²) in [5.41, 5.74) is 1.49. The van der Waals surface area contributed by atoms with E-state index in [9.17, 15) is 14.4 Å². The third-order valence-corrected chi connectivity index (χ3v) is 6.47. The van der Waals surface area contributed by atoms with Gasteiger partial charge >= 0.3 is 11.9 Å². The Morgan fingerprint density at radius 2 is 1.70 bits per heavy atom. The van der Waals surface area contributed by atoms with Crippen LogP contribution in [-0.2, 0) is 32.1 Å². The van der Waals surface area contributed by atoms with Crippen LogP contribution in [0.25, 0.3) is 0 Å². The van der Waals surface area contributed by atoms with Gasteiger partial charge in [0.1, 0.15) is 18.4 Å². The fourth-order valence-corrected chi connectivity index (χ4v) is 4.36. The number of benzene rings is 2. The molecule has 1 aliphatic carbocycles. The third kappa shape index (κ3) is 6.62. The van der Waals surface area contributed by atoms with Gasteiger partial charge in [-0.15, -0.1) is 0 Å². The largest absolute Gasteiger partial charge is 0.489 e. The molecule has 3 atom stereocenters. The summed E-state index contributed by atoms with van der Waals surface area (Å²) in [6.45, 7) is 0.206. The van der Waals surface area contributed by atoms with Crippen LogP contribution in [0.5, 0.6) is 5.75 Å². The van der Waals surface area contributed by atoms with Gasteiger partial charge in [-0.25, -0.2) is 4.79 Å². The fourth-order valence-electron chi connectivity index (χ4n) is 3.85. The molecule has 3 rings (SSSR count). The maximum Gasteiger partial charge on any atom is 0.328 e. The number of hydrogen-bond donors (Lipinski definition) is 2. The van der Waals surface area contributed by atoms with Crippen molar-refractivity contribution in [2.45, 2.75) is 38.3 Å². The molecule has 0 bridgehead atoms. The minimum absolute atomic E-state index is 0.206. The number of hydrogen-bond acceptors (Lipinski definition) is 5. The second-order valence-corrected chi connectivity index (χ2v) is 8.78. The SMILES string of the molecule is COC(=O)[C@H](Cc1ccc(OCc2c(Cl)cccc2Cl)cc1)NC(=O)[C@H]1CC[C@@H](C(=O)O)C1. The second-order valence-electron chi connectivity index (χ2n) is 7.97. The second kappa shape index (κ2) is 11.4. The molecule has 0 spiro atoms. The predicted molar refractivity (Wildman–Crippen MR) is 123 cm³/mol. The molecular formula is C24H25Cl2NO6. The first-order valence-electron chi connectivity index (χ1n) is 10.5. The number of carbonyl (C=O) groups excluding carboxylic acids is 2. The predicted octanol–water partition coefficient (Wildman–Crippen LogP) is 4.27. The molecule has 0 radical (unpaired) electrons. The van der Waals surface area contributed by atoms with Crippen molar-refractivity contribution in [3.63, 3.8) is 0 Å². The van der Waals surface area contributed by atoms with Gasteiger partial charge in [-0.1, -0.05) is 41.4 Å². The van der Waals surface area contributed by atoms with E-state index < -0.39 is 29.8 Å². The van der Waals surface area contributed by atoms with E-state index in [4.69, 9.17) is 37.8 Å². The Hall–Kier alpha value is -2.77. The summed E-state index contributed by atoms with van der Waals surface area (Å²) in [6, 6.07) is 11.5. The molecule has 176 valence electrons. The Labute approximate surface area is 202 Å². The highest BCUT2D eigenvalue weighted by molar-refractivity contribution is 6.35. The van der Waals surface area contributed by atoms with Crippen LogP contribution in [-0.4, -0.2) is 36.1 Å². The zero-order valence-electron chi connectivity index (χ0n) is 18.1. The Kier molecular flexibility index (Phi) is 8.58. The van der Waals surface area contributed by atoms with Gasteiger partial charge in [-0.05, 0) is 49.1 Å². The molecule has 1 saturated carbocycles. The number of methoxy groups -OCH3 is 1. The van der Waals surface area contributed by atoms with E-state index in [-0.39, 0.29) is 25.4 Å². The first-order chi connectivity index (χ1) is 15.8. The highest BCUT2D eigenvalue weighted by Crippen LogP contribution is 2.31. The lowest BCUT2D eigenvalue weighted by molar-refractivity contribution is -0.146. The average Bonchev–Trinajstić information content (AvgIpc) is 3.30. The van der Waals surface area contributed by atoms with Gasteiger partial charge in [0.15, 0.2) is 0 Å².